The third-order valence-electron chi connectivity index (χ3n) is 2.27. The Morgan fingerprint density at radius 3 is 2.39 bits per heavy atom. The molecular formula is C11H14ClNO4S. The number of benzene rings is 1. The number of sulfonamides is 1. The summed E-state index contributed by atoms with van der Waals surface area (Å²) < 4.78 is 30.6. The molecule has 0 fully saturated rings. The van der Waals surface area contributed by atoms with Gasteiger partial charge < -0.3 is 4.74 Å². The molecule has 5 nitrogen and oxygen atoms in total. The standard InChI is InChI=1S/C11H14ClNO4S/c1-8-3-5-9(6-4-8)18(15,16)13-10(7-12)11(14)17-2/h3-6,10,13H,7H2,1-2H3/t10-/m0/s1. The van der Waals surface area contributed by atoms with E-state index in [1.807, 2.05) is 6.92 Å². The molecule has 18 heavy (non-hydrogen) atoms. The van der Waals surface area contributed by atoms with Crippen molar-refractivity contribution in [3.8, 4) is 0 Å². The van der Waals surface area contributed by atoms with Crippen LogP contribution in [0.5, 0.6) is 0 Å². The molecule has 0 saturated heterocycles. The summed E-state index contributed by atoms with van der Waals surface area (Å²) in [5.41, 5.74) is 0.941. The van der Waals surface area contributed by atoms with Crippen LogP contribution in [0, 0.1) is 6.92 Å². The smallest absolute Gasteiger partial charge is 0.325 e. The first-order valence-corrected chi connectivity index (χ1v) is 7.15. The van der Waals surface area contributed by atoms with Crippen molar-refractivity contribution < 1.29 is 17.9 Å². The first-order valence-electron chi connectivity index (χ1n) is 5.13. The predicted octanol–water partition coefficient (Wildman–Crippen LogP) is 1.05. The molecule has 0 heterocycles. The number of aryl methyl sites for hydroxylation is 1. The molecule has 0 aliphatic rings. The minimum atomic E-state index is -3.78. The number of esters is 1. The number of rotatable bonds is 5. The summed E-state index contributed by atoms with van der Waals surface area (Å²) in [7, 11) is -2.61. The second kappa shape index (κ2) is 6.17. The summed E-state index contributed by atoms with van der Waals surface area (Å²) >= 11 is 5.53. The molecule has 0 saturated carbocycles. The fraction of sp³-hybridized carbons (Fsp3) is 0.364. The van der Waals surface area contributed by atoms with Crippen LogP contribution in [0.15, 0.2) is 29.2 Å². The van der Waals surface area contributed by atoms with Crippen molar-refractivity contribution in [3.63, 3.8) is 0 Å². The first kappa shape index (κ1) is 14.9. The van der Waals surface area contributed by atoms with Gasteiger partial charge in [0.25, 0.3) is 0 Å². The second-order valence-electron chi connectivity index (χ2n) is 3.66. The van der Waals surface area contributed by atoms with Gasteiger partial charge in [-0.1, -0.05) is 17.7 Å². The van der Waals surface area contributed by atoms with E-state index in [1.54, 1.807) is 12.1 Å². The van der Waals surface area contributed by atoms with E-state index in [-0.39, 0.29) is 10.8 Å². The summed E-state index contributed by atoms with van der Waals surface area (Å²) in [6.45, 7) is 1.85. The first-order chi connectivity index (χ1) is 8.40. The number of methoxy groups -OCH3 is 1. The minimum absolute atomic E-state index is 0.0760. The van der Waals surface area contributed by atoms with E-state index < -0.39 is 22.0 Å². The molecule has 1 aromatic carbocycles. The zero-order valence-electron chi connectivity index (χ0n) is 10.0. The van der Waals surface area contributed by atoms with Gasteiger partial charge >= 0.3 is 5.97 Å². The monoisotopic (exact) mass is 291 g/mol. The van der Waals surface area contributed by atoms with Gasteiger partial charge in [-0.25, -0.2) is 8.42 Å². The maximum absolute atomic E-state index is 12.0. The Balaban J connectivity index is 2.94. The lowest BCUT2D eigenvalue weighted by molar-refractivity contribution is -0.142. The Kier molecular flexibility index (Phi) is 5.13. The molecule has 0 bridgehead atoms. The summed E-state index contributed by atoms with van der Waals surface area (Å²) in [6.07, 6.45) is 0. The number of ether oxygens (including phenoxy) is 1. The maximum atomic E-state index is 12.0. The fourth-order valence-electron chi connectivity index (χ4n) is 1.26. The summed E-state index contributed by atoms with van der Waals surface area (Å²) in [5, 5.41) is 0. The molecule has 0 radical (unpaired) electrons. The molecule has 100 valence electrons. The number of carbonyl (C=O) groups excluding carboxylic acids is 1. The van der Waals surface area contributed by atoms with Crippen molar-refractivity contribution >= 4 is 27.6 Å². The van der Waals surface area contributed by atoms with E-state index in [0.717, 1.165) is 5.56 Å². The Hall–Kier alpha value is -1.11. The average Bonchev–Trinajstić information content (AvgIpc) is 2.35. The van der Waals surface area contributed by atoms with Gasteiger partial charge in [0.1, 0.15) is 6.04 Å². The SMILES string of the molecule is COC(=O)[C@H](CCl)NS(=O)(=O)c1ccc(C)cc1. The molecule has 1 aromatic rings. The molecular weight excluding hydrogens is 278 g/mol. The van der Waals surface area contributed by atoms with Crippen LogP contribution in [0.3, 0.4) is 0 Å². The van der Waals surface area contributed by atoms with Gasteiger partial charge in [0.05, 0.1) is 12.0 Å². The highest BCUT2D eigenvalue weighted by atomic mass is 35.5. The molecule has 0 amide bonds. The van der Waals surface area contributed by atoms with Crippen LogP contribution < -0.4 is 4.72 Å². The molecule has 0 aliphatic heterocycles. The number of hydrogen-bond acceptors (Lipinski definition) is 4. The van der Waals surface area contributed by atoms with Crippen molar-refractivity contribution in [1.29, 1.82) is 0 Å². The second-order valence-corrected chi connectivity index (χ2v) is 5.69. The Bertz CT molecular complexity index is 512. The van der Waals surface area contributed by atoms with Gasteiger partial charge in [-0.15, -0.1) is 11.6 Å². The van der Waals surface area contributed by atoms with Crippen LogP contribution in [-0.2, 0) is 19.6 Å². The van der Waals surface area contributed by atoms with E-state index in [1.165, 1.54) is 19.2 Å². The average molecular weight is 292 g/mol. The summed E-state index contributed by atoms with van der Waals surface area (Å²) in [6, 6.07) is 5.16. The van der Waals surface area contributed by atoms with Crippen LogP contribution in [0.25, 0.3) is 0 Å². The Morgan fingerprint density at radius 1 is 1.39 bits per heavy atom. The highest BCUT2D eigenvalue weighted by Crippen LogP contribution is 2.11. The molecule has 1 N–H and O–H groups in total. The van der Waals surface area contributed by atoms with E-state index in [4.69, 9.17) is 11.6 Å². The Labute approximate surface area is 111 Å². The molecule has 1 atom stereocenters. The molecule has 0 spiro atoms. The summed E-state index contributed by atoms with van der Waals surface area (Å²) in [4.78, 5) is 11.3. The van der Waals surface area contributed by atoms with E-state index >= 15 is 0 Å². The number of carbonyl (C=O) groups is 1. The molecule has 7 heteroatoms. The van der Waals surface area contributed by atoms with Crippen molar-refractivity contribution in [2.75, 3.05) is 13.0 Å². The number of halogens is 1. The van der Waals surface area contributed by atoms with Crippen LogP contribution >= 0.6 is 11.6 Å². The highest BCUT2D eigenvalue weighted by molar-refractivity contribution is 7.89. The van der Waals surface area contributed by atoms with E-state index in [0.29, 0.717) is 0 Å². The zero-order valence-corrected chi connectivity index (χ0v) is 11.6. The van der Waals surface area contributed by atoms with Gasteiger partial charge in [0, 0.05) is 5.88 Å². The lowest BCUT2D eigenvalue weighted by atomic mass is 10.2. The maximum Gasteiger partial charge on any atom is 0.325 e. The molecule has 0 unspecified atom stereocenters. The third-order valence-corrected chi connectivity index (χ3v) is 4.06. The lowest BCUT2D eigenvalue weighted by Gasteiger charge is -2.14. The van der Waals surface area contributed by atoms with Crippen LogP contribution in [0.1, 0.15) is 5.56 Å². The van der Waals surface area contributed by atoms with Crippen LogP contribution in [0.4, 0.5) is 0 Å². The lowest BCUT2D eigenvalue weighted by Crippen LogP contribution is -2.42. The van der Waals surface area contributed by atoms with Gasteiger partial charge in [-0.3, -0.25) is 4.79 Å². The van der Waals surface area contributed by atoms with Crippen molar-refractivity contribution in [1.82, 2.24) is 4.72 Å². The topological polar surface area (TPSA) is 72.5 Å². The third kappa shape index (κ3) is 3.69. The van der Waals surface area contributed by atoms with Gasteiger partial charge in [-0.2, -0.15) is 4.72 Å². The highest BCUT2D eigenvalue weighted by Gasteiger charge is 2.25. The number of nitrogens with one attached hydrogen (secondary N) is 1. The fourth-order valence-corrected chi connectivity index (χ4v) is 2.74. The predicted molar refractivity (Wildman–Crippen MR) is 68.0 cm³/mol. The molecule has 1 rings (SSSR count). The number of hydrogen-bond donors (Lipinski definition) is 1. The van der Waals surface area contributed by atoms with E-state index in [2.05, 4.69) is 9.46 Å². The zero-order chi connectivity index (χ0) is 13.8. The van der Waals surface area contributed by atoms with Crippen molar-refractivity contribution in [3.05, 3.63) is 29.8 Å². The summed E-state index contributed by atoms with van der Waals surface area (Å²) in [5.74, 6) is -0.918. The molecule has 0 aromatic heterocycles. The van der Waals surface area contributed by atoms with Crippen molar-refractivity contribution in [2.24, 2.45) is 0 Å². The largest absolute Gasteiger partial charge is 0.468 e. The molecule has 0 aliphatic carbocycles. The number of alkyl halides is 1. The Morgan fingerprint density at radius 2 is 1.94 bits per heavy atom. The van der Waals surface area contributed by atoms with Crippen molar-refractivity contribution in [2.45, 2.75) is 17.9 Å². The van der Waals surface area contributed by atoms with Crippen LogP contribution in [0.2, 0.25) is 0 Å². The van der Waals surface area contributed by atoms with E-state index in [9.17, 15) is 13.2 Å². The normalized spacial score (nSPS) is 13.1. The quantitative estimate of drug-likeness (QED) is 0.650. The van der Waals surface area contributed by atoms with Gasteiger partial charge in [0.2, 0.25) is 10.0 Å². The van der Waals surface area contributed by atoms with Gasteiger partial charge in [-0.05, 0) is 19.1 Å². The van der Waals surface area contributed by atoms with Crippen LogP contribution in [-0.4, -0.2) is 33.4 Å². The minimum Gasteiger partial charge on any atom is -0.468 e. The van der Waals surface area contributed by atoms with Gasteiger partial charge in [0.15, 0.2) is 0 Å².